The number of rotatable bonds is 4. The van der Waals surface area contributed by atoms with Crippen molar-refractivity contribution in [1.82, 2.24) is 10.3 Å². The van der Waals surface area contributed by atoms with Crippen LogP contribution in [0.15, 0.2) is 79.0 Å². The molecule has 1 aliphatic rings. The quantitative estimate of drug-likeness (QED) is 0.497. The number of benzene rings is 2. The first-order valence-corrected chi connectivity index (χ1v) is 9.70. The number of imidazole rings is 1. The first kappa shape index (κ1) is 17.0. The Morgan fingerprint density at radius 3 is 2.39 bits per heavy atom. The van der Waals surface area contributed by atoms with Gasteiger partial charge < -0.3 is 5.32 Å². The summed E-state index contributed by atoms with van der Waals surface area (Å²) in [6.45, 7) is 0. The smallest absolute Gasteiger partial charge is 0.296 e. The van der Waals surface area contributed by atoms with Crippen molar-refractivity contribution in [3.8, 4) is 11.4 Å². The second kappa shape index (κ2) is 6.50. The normalized spacial score (nSPS) is 14.8. The van der Waals surface area contributed by atoms with Crippen LogP contribution in [0.5, 0.6) is 0 Å². The molecule has 2 heterocycles. The Hall–Kier alpha value is -3.11. The van der Waals surface area contributed by atoms with Crippen molar-refractivity contribution in [1.29, 1.82) is 0 Å². The molecule has 2 N–H and O–H groups in total. The molecule has 0 bridgehead atoms. The van der Waals surface area contributed by atoms with Crippen LogP contribution in [0.4, 0.5) is 0 Å². The van der Waals surface area contributed by atoms with Crippen molar-refractivity contribution >= 4 is 23.0 Å². The van der Waals surface area contributed by atoms with Crippen LogP contribution < -0.4 is 9.72 Å². The standard InChI is InChI=1S/C23H18ClN3O/c24-18-11-9-16(10-12-18)21-25-20(19-8-4-5-15-27(19)21)22(28)26-23(13-14-23)17-6-2-1-3-7-17/h1-12,15H,13-14H2,(H,26,28)/p+1. The van der Waals surface area contributed by atoms with E-state index >= 15 is 0 Å². The number of pyridine rings is 1. The van der Waals surface area contributed by atoms with E-state index in [1.807, 2.05) is 71.3 Å². The molecule has 0 spiro atoms. The Bertz CT molecular complexity index is 1160. The highest BCUT2D eigenvalue weighted by Crippen LogP contribution is 2.45. The van der Waals surface area contributed by atoms with Gasteiger partial charge in [0.25, 0.3) is 11.7 Å². The van der Waals surface area contributed by atoms with Gasteiger partial charge in [-0.05, 0) is 54.8 Å². The van der Waals surface area contributed by atoms with Crippen LogP contribution in [0.1, 0.15) is 28.9 Å². The van der Waals surface area contributed by atoms with Crippen LogP contribution in [0.2, 0.25) is 5.02 Å². The summed E-state index contributed by atoms with van der Waals surface area (Å²) in [5.41, 5.74) is 3.27. The number of H-pyrrole nitrogens is 1. The van der Waals surface area contributed by atoms with Crippen LogP contribution in [0.25, 0.3) is 16.9 Å². The van der Waals surface area contributed by atoms with E-state index in [0.29, 0.717) is 10.7 Å². The summed E-state index contributed by atoms with van der Waals surface area (Å²) in [7, 11) is 0. The lowest BCUT2D eigenvalue weighted by molar-refractivity contribution is -0.498. The van der Waals surface area contributed by atoms with Gasteiger partial charge in [-0.15, -0.1) is 0 Å². The molecule has 1 amide bonds. The fraction of sp³-hybridized carbons (Fsp3) is 0.130. The van der Waals surface area contributed by atoms with Crippen molar-refractivity contribution in [3.05, 3.63) is 95.3 Å². The number of carbonyl (C=O) groups excluding carboxylic acids is 1. The minimum Gasteiger partial charge on any atom is -0.339 e. The lowest BCUT2D eigenvalue weighted by Crippen LogP contribution is -2.35. The molecule has 0 saturated heterocycles. The summed E-state index contributed by atoms with van der Waals surface area (Å²) in [5, 5.41) is 3.94. The fourth-order valence-corrected chi connectivity index (χ4v) is 3.85. The topological polar surface area (TPSA) is 49.0 Å². The Balaban J connectivity index is 1.54. The highest BCUT2D eigenvalue weighted by molar-refractivity contribution is 6.30. The number of amides is 1. The SMILES string of the molecule is O=C(NC1(c2ccccc2)CC1)c1[nH]c(-c2ccc(Cl)cc2)[n+]2ccccc12. The van der Waals surface area contributed by atoms with Crippen LogP contribution in [-0.4, -0.2) is 10.9 Å². The molecule has 2 aromatic heterocycles. The summed E-state index contributed by atoms with van der Waals surface area (Å²) in [6.07, 6.45) is 3.87. The number of nitrogens with one attached hydrogen (secondary N) is 2. The maximum atomic E-state index is 13.2. The molecule has 0 radical (unpaired) electrons. The second-order valence-electron chi connectivity index (χ2n) is 7.21. The van der Waals surface area contributed by atoms with Crippen LogP contribution >= 0.6 is 11.6 Å². The minimum atomic E-state index is -0.254. The van der Waals surface area contributed by atoms with Gasteiger partial charge in [0, 0.05) is 5.02 Å². The van der Waals surface area contributed by atoms with Crippen LogP contribution in [0, 0.1) is 0 Å². The van der Waals surface area contributed by atoms with Crippen molar-refractivity contribution in [2.45, 2.75) is 18.4 Å². The molecule has 5 rings (SSSR count). The number of nitrogens with zero attached hydrogens (tertiary/aromatic N) is 1. The predicted molar refractivity (Wildman–Crippen MR) is 109 cm³/mol. The molecule has 1 aliphatic carbocycles. The summed E-state index contributed by atoms with van der Waals surface area (Å²) < 4.78 is 2.00. The number of hydrogen-bond donors (Lipinski definition) is 2. The third kappa shape index (κ3) is 2.86. The maximum Gasteiger partial charge on any atom is 0.296 e. The van der Waals surface area contributed by atoms with Crippen molar-refractivity contribution in [2.75, 3.05) is 0 Å². The van der Waals surface area contributed by atoms with E-state index in [-0.39, 0.29) is 11.4 Å². The molecule has 0 atom stereocenters. The van der Waals surface area contributed by atoms with E-state index in [0.717, 1.165) is 35.3 Å². The Labute approximate surface area is 167 Å². The molecule has 4 aromatic rings. The monoisotopic (exact) mass is 388 g/mol. The number of halogens is 1. The predicted octanol–water partition coefficient (Wildman–Crippen LogP) is 4.49. The van der Waals surface area contributed by atoms with E-state index in [4.69, 9.17) is 11.6 Å². The number of fused-ring (bicyclic) bond motifs is 1. The first-order chi connectivity index (χ1) is 13.7. The van der Waals surface area contributed by atoms with Crippen molar-refractivity contribution in [2.24, 2.45) is 0 Å². The average molecular weight is 389 g/mol. The van der Waals surface area contributed by atoms with Crippen molar-refractivity contribution in [3.63, 3.8) is 0 Å². The average Bonchev–Trinajstić information content (AvgIpc) is 3.41. The van der Waals surface area contributed by atoms with E-state index < -0.39 is 0 Å². The van der Waals surface area contributed by atoms with E-state index in [1.54, 1.807) is 0 Å². The van der Waals surface area contributed by atoms with Gasteiger partial charge in [-0.25, -0.2) is 4.98 Å². The molecular weight excluding hydrogens is 370 g/mol. The van der Waals surface area contributed by atoms with Crippen molar-refractivity contribution < 1.29 is 9.20 Å². The number of hydrogen-bond acceptors (Lipinski definition) is 1. The van der Waals surface area contributed by atoms with Crippen LogP contribution in [-0.2, 0) is 5.54 Å². The summed E-state index contributed by atoms with van der Waals surface area (Å²) >= 11 is 6.03. The van der Waals surface area contributed by atoms with E-state index in [9.17, 15) is 4.79 Å². The molecular formula is C23H19ClN3O+. The van der Waals surface area contributed by atoms with Crippen LogP contribution in [0.3, 0.4) is 0 Å². The third-order valence-electron chi connectivity index (χ3n) is 5.37. The minimum absolute atomic E-state index is 0.0923. The number of aromatic nitrogens is 2. The molecule has 0 unspecified atom stereocenters. The van der Waals surface area contributed by atoms with Gasteiger partial charge >= 0.3 is 0 Å². The van der Waals surface area contributed by atoms with Gasteiger partial charge in [-0.2, -0.15) is 4.40 Å². The lowest BCUT2D eigenvalue weighted by Gasteiger charge is -2.16. The van der Waals surface area contributed by atoms with E-state index in [1.165, 1.54) is 0 Å². The van der Waals surface area contributed by atoms with Gasteiger partial charge in [0.05, 0.1) is 17.3 Å². The number of carbonyl (C=O) groups is 1. The zero-order valence-electron chi connectivity index (χ0n) is 15.2. The zero-order chi connectivity index (χ0) is 19.1. The van der Waals surface area contributed by atoms with E-state index in [2.05, 4.69) is 22.4 Å². The van der Waals surface area contributed by atoms with Gasteiger partial charge in [-0.3, -0.25) is 4.79 Å². The zero-order valence-corrected chi connectivity index (χ0v) is 15.9. The molecule has 4 nitrogen and oxygen atoms in total. The fourth-order valence-electron chi connectivity index (χ4n) is 3.72. The number of aromatic amines is 1. The maximum absolute atomic E-state index is 13.2. The molecule has 138 valence electrons. The highest BCUT2D eigenvalue weighted by atomic mass is 35.5. The molecule has 2 aromatic carbocycles. The molecule has 0 aliphatic heterocycles. The third-order valence-corrected chi connectivity index (χ3v) is 5.63. The van der Waals surface area contributed by atoms with Gasteiger partial charge in [-0.1, -0.05) is 48.0 Å². The summed E-state index contributed by atoms with van der Waals surface area (Å²) in [5.74, 6) is 0.757. The highest BCUT2D eigenvalue weighted by Gasteiger charge is 2.46. The summed E-state index contributed by atoms with van der Waals surface area (Å²) in [6, 6.07) is 23.6. The first-order valence-electron chi connectivity index (χ1n) is 9.33. The molecule has 1 fully saturated rings. The Kier molecular flexibility index (Phi) is 3.95. The summed E-state index contributed by atoms with van der Waals surface area (Å²) in [4.78, 5) is 16.5. The van der Waals surface area contributed by atoms with Gasteiger partial charge in [0.15, 0.2) is 5.52 Å². The Morgan fingerprint density at radius 1 is 0.964 bits per heavy atom. The Morgan fingerprint density at radius 2 is 1.68 bits per heavy atom. The largest absolute Gasteiger partial charge is 0.339 e. The lowest BCUT2D eigenvalue weighted by atomic mass is 10.0. The van der Waals surface area contributed by atoms with Gasteiger partial charge in [0.1, 0.15) is 0 Å². The molecule has 28 heavy (non-hydrogen) atoms. The molecule has 5 heteroatoms. The second-order valence-corrected chi connectivity index (χ2v) is 7.65. The molecule has 1 saturated carbocycles. The van der Waals surface area contributed by atoms with Gasteiger partial charge in [0.2, 0.25) is 5.69 Å².